The maximum Gasteiger partial charge on any atom is 0.0431 e. The topological polar surface area (TPSA) is 20.2 Å². The van der Waals surface area contributed by atoms with Gasteiger partial charge in [0, 0.05) is 6.61 Å². The predicted octanol–water partition coefficient (Wildman–Crippen LogP) is 3.34. The molecule has 1 atom stereocenters. The monoisotopic (exact) mass is 192 g/mol. The molecule has 0 saturated heterocycles. The lowest BCUT2D eigenvalue weighted by molar-refractivity contribution is 0.278. The molecule has 0 radical (unpaired) electrons. The Labute approximate surface area is 86.8 Å². The van der Waals surface area contributed by atoms with E-state index in [1.165, 1.54) is 18.4 Å². The molecule has 78 valence electrons. The third-order valence-electron chi connectivity index (χ3n) is 2.62. The van der Waals surface area contributed by atoms with Crippen molar-refractivity contribution in [3.63, 3.8) is 0 Å². The molecule has 14 heavy (non-hydrogen) atoms. The Morgan fingerprint density at radius 3 is 2.43 bits per heavy atom. The van der Waals surface area contributed by atoms with Crippen molar-refractivity contribution in [3.8, 4) is 0 Å². The van der Waals surface area contributed by atoms with Gasteiger partial charge in [0.2, 0.25) is 0 Å². The average molecular weight is 192 g/mol. The fourth-order valence-electron chi connectivity index (χ4n) is 1.89. The highest BCUT2D eigenvalue weighted by Gasteiger charge is 2.08. The summed E-state index contributed by atoms with van der Waals surface area (Å²) in [5, 5.41) is 8.83. The van der Waals surface area contributed by atoms with Crippen molar-refractivity contribution in [2.24, 2.45) is 0 Å². The van der Waals surface area contributed by atoms with Gasteiger partial charge >= 0.3 is 0 Å². The van der Waals surface area contributed by atoms with Crippen molar-refractivity contribution in [1.29, 1.82) is 0 Å². The van der Waals surface area contributed by atoms with Crippen molar-refractivity contribution in [2.45, 2.75) is 38.5 Å². The number of hydrogen-bond acceptors (Lipinski definition) is 1. The summed E-state index contributed by atoms with van der Waals surface area (Å²) in [6, 6.07) is 10.6. The van der Waals surface area contributed by atoms with Crippen molar-refractivity contribution in [3.05, 3.63) is 35.9 Å². The molecular formula is C13H20O. The summed E-state index contributed by atoms with van der Waals surface area (Å²) < 4.78 is 0. The van der Waals surface area contributed by atoms with E-state index in [-0.39, 0.29) is 0 Å². The van der Waals surface area contributed by atoms with Gasteiger partial charge in [0.25, 0.3) is 0 Å². The Hall–Kier alpha value is -0.820. The molecule has 1 unspecified atom stereocenters. The molecule has 1 nitrogen and oxygen atoms in total. The standard InChI is InChI=1S/C13H20O/c1-2-7-12(10-6-11-14)13-8-4-3-5-9-13/h3-5,8-9,12,14H,2,6-7,10-11H2,1H3. The van der Waals surface area contributed by atoms with E-state index in [4.69, 9.17) is 5.11 Å². The Morgan fingerprint density at radius 2 is 1.86 bits per heavy atom. The van der Waals surface area contributed by atoms with Crippen LogP contribution in [0.1, 0.15) is 44.1 Å². The van der Waals surface area contributed by atoms with Gasteiger partial charge in [-0.2, -0.15) is 0 Å². The van der Waals surface area contributed by atoms with E-state index in [0.29, 0.717) is 12.5 Å². The summed E-state index contributed by atoms with van der Waals surface area (Å²) in [5.41, 5.74) is 1.42. The first kappa shape index (κ1) is 11.3. The molecular weight excluding hydrogens is 172 g/mol. The van der Waals surface area contributed by atoms with Crippen molar-refractivity contribution in [1.82, 2.24) is 0 Å². The van der Waals surface area contributed by atoms with Crippen LogP contribution in [-0.4, -0.2) is 11.7 Å². The quantitative estimate of drug-likeness (QED) is 0.733. The summed E-state index contributed by atoms with van der Waals surface area (Å²) in [6.45, 7) is 2.53. The molecule has 0 fully saturated rings. The van der Waals surface area contributed by atoms with E-state index >= 15 is 0 Å². The van der Waals surface area contributed by atoms with Crippen LogP contribution in [0.15, 0.2) is 30.3 Å². The fourth-order valence-corrected chi connectivity index (χ4v) is 1.89. The van der Waals surface area contributed by atoms with Crippen LogP contribution < -0.4 is 0 Å². The minimum atomic E-state index is 0.313. The van der Waals surface area contributed by atoms with Crippen molar-refractivity contribution < 1.29 is 5.11 Å². The third-order valence-corrected chi connectivity index (χ3v) is 2.62. The second kappa shape index (κ2) is 6.61. The van der Waals surface area contributed by atoms with Crippen LogP contribution in [0.4, 0.5) is 0 Å². The van der Waals surface area contributed by atoms with Crippen LogP contribution in [0.2, 0.25) is 0 Å². The predicted molar refractivity (Wildman–Crippen MR) is 60.4 cm³/mol. The van der Waals surface area contributed by atoms with E-state index in [1.807, 2.05) is 0 Å². The van der Waals surface area contributed by atoms with Crippen LogP contribution in [0.5, 0.6) is 0 Å². The van der Waals surface area contributed by atoms with Gasteiger partial charge in [-0.1, -0.05) is 43.7 Å². The Bertz CT molecular complexity index is 230. The molecule has 1 rings (SSSR count). The van der Waals surface area contributed by atoms with Crippen molar-refractivity contribution >= 4 is 0 Å². The number of benzene rings is 1. The minimum absolute atomic E-state index is 0.313. The second-order valence-corrected chi connectivity index (χ2v) is 3.76. The maximum atomic E-state index is 8.83. The molecule has 0 heterocycles. The highest BCUT2D eigenvalue weighted by atomic mass is 16.2. The molecule has 1 heteroatoms. The molecule has 0 aliphatic rings. The normalized spacial score (nSPS) is 12.7. The largest absolute Gasteiger partial charge is 0.396 e. The summed E-state index contributed by atoms with van der Waals surface area (Å²) >= 11 is 0. The van der Waals surface area contributed by atoms with Gasteiger partial charge in [-0.15, -0.1) is 0 Å². The van der Waals surface area contributed by atoms with Crippen LogP contribution in [0, 0.1) is 0 Å². The lowest BCUT2D eigenvalue weighted by atomic mass is 9.90. The van der Waals surface area contributed by atoms with Crippen LogP contribution in [-0.2, 0) is 0 Å². The molecule has 0 aliphatic carbocycles. The SMILES string of the molecule is CCCC(CCCO)c1ccccc1. The zero-order chi connectivity index (χ0) is 10.2. The van der Waals surface area contributed by atoms with Gasteiger partial charge in [0.05, 0.1) is 0 Å². The van der Waals surface area contributed by atoms with Crippen LogP contribution in [0.25, 0.3) is 0 Å². The zero-order valence-corrected chi connectivity index (χ0v) is 8.95. The van der Waals surface area contributed by atoms with Gasteiger partial charge in [-0.25, -0.2) is 0 Å². The Morgan fingerprint density at radius 1 is 1.14 bits per heavy atom. The first-order valence-corrected chi connectivity index (χ1v) is 5.54. The van der Waals surface area contributed by atoms with E-state index in [1.54, 1.807) is 0 Å². The zero-order valence-electron chi connectivity index (χ0n) is 8.95. The van der Waals surface area contributed by atoms with Gasteiger partial charge in [0.1, 0.15) is 0 Å². The van der Waals surface area contributed by atoms with Gasteiger partial charge in [0.15, 0.2) is 0 Å². The molecule has 0 spiro atoms. The molecule has 1 N–H and O–H groups in total. The maximum absolute atomic E-state index is 8.83. The molecule has 0 amide bonds. The van der Waals surface area contributed by atoms with E-state index < -0.39 is 0 Å². The fraction of sp³-hybridized carbons (Fsp3) is 0.538. The lowest BCUT2D eigenvalue weighted by Gasteiger charge is -2.15. The first-order valence-electron chi connectivity index (χ1n) is 5.54. The van der Waals surface area contributed by atoms with E-state index in [2.05, 4.69) is 37.3 Å². The number of hydrogen-bond donors (Lipinski definition) is 1. The highest BCUT2D eigenvalue weighted by molar-refractivity contribution is 5.19. The van der Waals surface area contributed by atoms with Crippen LogP contribution in [0.3, 0.4) is 0 Å². The second-order valence-electron chi connectivity index (χ2n) is 3.76. The number of rotatable bonds is 6. The number of aliphatic hydroxyl groups excluding tert-OH is 1. The summed E-state index contributed by atoms with van der Waals surface area (Å²) in [5.74, 6) is 0.633. The molecule has 1 aromatic carbocycles. The molecule has 1 aromatic rings. The average Bonchev–Trinajstić information content (AvgIpc) is 2.25. The molecule has 0 saturated carbocycles. The Kier molecular flexibility index (Phi) is 5.31. The van der Waals surface area contributed by atoms with Gasteiger partial charge in [-0.05, 0) is 30.7 Å². The van der Waals surface area contributed by atoms with E-state index in [0.717, 1.165) is 12.8 Å². The summed E-state index contributed by atoms with van der Waals surface area (Å²) in [6.07, 6.45) is 4.46. The van der Waals surface area contributed by atoms with Crippen molar-refractivity contribution in [2.75, 3.05) is 6.61 Å². The summed E-state index contributed by atoms with van der Waals surface area (Å²) in [4.78, 5) is 0. The minimum Gasteiger partial charge on any atom is -0.396 e. The third kappa shape index (κ3) is 3.51. The molecule has 0 bridgehead atoms. The lowest BCUT2D eigenvalue weighted by Crippen LogP contribution is -1.99. The van der Waals surface area contributed by atoms with Gasteiger partial charge < -0.3 is 5.11 Å². The molecule has 0 aliphatic heterocycles. The Balaban J connectivity index is 2.58. The van der Waals surface area contributed by atoms with Gasteiger partial charge in [-0.3, -0.25) is 0 Å². The molecule has 0 aromatic heterocycles. The van der Waals surface area contributed by atoms with Crippen LogP contribution >= 0.6 is 0 Å². The summed E-state index contributed by atoms with van der Waals surface area (Å²) in [7, 11) is 0. The first-order chi connectivity index (χ1) is 6.88. The highest BCUT2D eigenvalue weighted by Crippen LogP contribution is 2.25. The smallest absolute Gasteiger partial charge is 0.0431 e. The van der Waals surface area contributed by atoms with E-state index in [9.17, 15) is 0 Å². The number of aliphatic hydroxyl groups is 1.